The van der Waals surface area contributed by atoms with E-state index in [1.54, 1.807) is 33.6 Å². The molecule has 10 nitrogen and oxygen atoms in total. The van der Waals surface area contributed by atoms with Crippen LogP contribution in [-0.4, -0.2) is 68.5 Å². The molecule has 0 spiro atoms. The van der Waals surface area contributed by atoms with Crippen LogP contribution < -0.4 is 4.90 Å². The molecule has 2 aliphatic heterocycles. The second-order valence-corrected chi connectivity index (χ2v) is 7.46. The number of tetrazole rings is 1. The van der Waals surface area contributed by atoms with Crippen LogP contribution in [0.3, 0.4) is 0 Å². The second-order valence-electron chi connectivity index (χ2n) is 7.10. The van der Waals surface area contributed by atoms with Gasteiger partial charge in [0.1, 0.15) is 0 Å². The van der Waals surface area contributed by atoms with E-state index >= 15 is 0 Å². The Morgan fingerprint density at radius 2 is 1.86 bits per heavy atom. The van der Waals surface area contributed by atoms with Gasteiger partial charge in [-0.1, -0.05) is 0 Å². The smallest absolute Gasteiger partial charge is 0.269 e. The summed E-state index contributed by atoms with van der Waals surface area (Å²) in [6, 6.07) is 6.71. The monoisotopic (exact) mass is 405 g/mol. The molecule has 4 rings (SSSR count). The molecule has 0 bridgehead atoms. The third kappa shape index (κ3) is 4.21. The standard InChI is InChI=1S/C17H23N7O3S/c25-24(26)15-5-3-14(4-6-15)21-9-7-20(8-10-21)13-23-17(28)22(18-19-23)12-16-2-1-11-27-16/h3-6,16H,1-2,7-13H2/t16-/m0/s1. The number of hydrogen-bond donors (Lipinski definition) is 0. The highest BCUT2D eigenvalue weighted by Crippen LogP contribution is 2.21. The molecule has 0 saturated carbocycles. The maximum Gasteiger partial charge on any atom is 0.269 e. The van der Waals surface area contributed by atoms with Gasteiger partial charge in [0.05, 0.1) is 24.2 Å². The minimum absolute atomic E-state index is 0.114. The molecule has 2 aliphatic rings. The van der Waals surface area contributed by atoms with E-state index in [9.17, 15) is 10.1 Å². The Kier molecular flexibility index (Phi) is 5.64. The van der Waals surface area contributed by atoms with Gasteiger partial charge < -0.3 is 9.64 Å². The van der Waals surface area contributed by atoms with Gasteiger partial charge in [-0.3, -0.25) is 15.0 Å². The summed E-state index contributed by atoms with van der Waals surface area (Å²) in [5.41, 5.74) is 1.12. The Morgan fingerprint density at radius 1 is 1.14 bits per heavy atom. The van der Waals surface area contributed by atoms with Gasteiger partial charge in [-0.05, 0) is 47.6 Å². The van der Waals surface area contributed by atoms with Crippen molar-refractivity contribution in [3.8, 4) is 0 Å². The third-order valence-corrected chi connectivity index (χ3v) is 5.65. The molecule has 1 aromatic heterocycles. The molecule has 1 aromatic carbocycles. The normalized spacial score (nSPS) is 20.6. The number of anilines is 1. The van der Waals surface area contributed by atoms with Crippen molar-refractivity contribution in [1.29, 1.82) is 0 Å². The van der Waals surface area contributed by atoms with Crippen molar-refractivity contribution in [3.05, 3.63) is 39.2 Å². The Hall–Kier alpha value is -2.37. The minimum atomic E-state index is -0.378. The zero-order valence-corrected chi connectivity index (χ0v) is 16.3. The van der Waals surface area contributed by atoms with Crippen molar-refractivity contribution < 1.29 is 9.66 Å². The van der Waals surface area contributed by atoms with Crippen LogP contribution in [0.2, 0.25) is 0 Å². The van der Waals surface area contributed by atoms with Gasteiger partial charge in [0.25, 0.3) is 5.69 Å². The molecule has 2 aromatic rings. The maximum atomic E-state index is 10.8. The van der Waals surface area contributed by atoms with Crippen LogP contribution in [0.4, 0.5) is 11.4 Å². The summed E-state index contributed by atoms with van der Waals surface area (Å²) in [5.74, 6) is 0. The van der Waals surface area contributed by atoms with Gasteiger partial charge in [0.15, 0.2) is 0 Å². The molecule has 0 amide bonds. The summed E-state index contributed by atoms with van der Waals surface area (Å²) in [4.78, 5) is 14.9. The third-order valence-electron chi connectivity index (χ3n) is 5.23. The van der Waals surface area contributed by atoms with E-state index in [0.717, 1.165) is 51.3 Å². The number of rotatable bonds is 6. The summed E-state index contributed by atoms with van der Waals surface area (Å²) in [6.45, 7) is 5.48. The molecular weight excluding hydrogens is 382 g/mol. The fourth-order valence-corrected chi connectivity index (χ4v) is 3.82. The zero-order valence-electron chi connectivity index (χ0n) is 15.5. The van der Waals surface area contributed by atoms with E-state index in [1.165, 1.54) is 0 Å². The lowest BCUT2D eigenvalue weighted by atomic mass is 10.2. The number of nitro benzene ring substituents is 1. The zero-order chi connectivity index (χ0) is 19.5. The highest BCUT2D eigenvalue weighted by atomic mass is 32.1. The lowest BCUT2D eigenvalue weighted by molar-refractivity contribution is -0.384. The molecular formula is C17H23N7O3S. The van der Waals surface area contributed by atoms with Crippen molar-refractivity contribution in [1.82, 2.24) is 24.7 Å². The molecule has 0 unspecified atom stereocenters. The Labute approximate surface area is 167 Å². The number of hydrogen-bond acceptors (Lipinski definition) is 8. The Balaban J connectivity index is 1.31. The molecule has 28 heavy (non-hydrogen) atoms. The minimum Gasteiger partial charge on any atom is -0.376 e. The molecule has 0 aliphatic carbocycles. The topological polar surface area (TPSA) is 94.5 Å². The van der Waals surface area contributed by atoms with Gasteiger partial charge >= 0.3 is 0 Å². The van der Waals surface area contributed by atoms with Crippen molar-refractivity contribution in [2.75, 3.05) is 37.7 Å². The molecule has 11 heteroatoms. The number of piperazine rings is 1. The number of aromatic nitrogens is 4. The summed E-state index contributed by atoms with van der Waals surface area (Å²) in [7, 11) is 0. The van der Waals surface area contributed by atoms with Crippen LogP contribution in [0.5, 0.6) is 0 Å². The fourth-order valence-electron chi connectivity index (χ4n) is 3.61. The molecule has 2 fully saturated rings. The van der Waals surface area contributed by atoms with Gasteiger partial charge in [-0.2, -0.15) is 0 Å². The summed E-state index contributed by atoms with van der Waals surface area (Å²) < 4.78 is 9.77. The van der Waals surface area contributed by atoms with E-state index in [0.29, 0.717) is 18.0 Å². The SMILES string of the molecule is O=[N+]([O-])c1ccc(N2CCN(Cn3nnn(C[C@@H]4CCCO4)c3=S)CC2)cc1. The fraction of sp³-hybridized carbons (Fsp3) is 0.588. The van der Waals surface area contributed by atoms with E-state index in [1.807, 2.05) is 0 Å². The first-order valence-electron chi connectivity index (χ1n) is 9.44. The van der Waals surface area contributed by atoms with Crippen molar-refractivity contribution >= 4 is 23.6 Å². The predicted molar refractivity (Wildman–Crippen MR) is 105 cm³/mol. The number of nitrogens with zero attached hydrogens (tertiary/aromatic N) is 7. The average Bonchev–Trinajstić information content (AvgIpc) is 3.34. The number of non-ortho nitro benzene ring substituents is 1. The van der Waals surface area contributed by atoms with Crippen LogP contribution in [0.15, 0.2) is 24.3 Å². The van der Waals surface area contributed by atoms with Crippen LogP contribution in [0.1, 0.15) is 12.8 Å². The van der Waals surface area contributed by atoms with Crippen molar-refractivity contribution in [2.45, 2.75) is 32.2 Å². The quantitative estimate of drug-likeness (QED) is 0.407. The van der Waals surface area contributed by atoms with Gasteiger partial charge in [-0.25, -0.2) is 9.36 Å². The summed E-state index contributed by atoms with van der Waals surface area (Å²) >= 11 is 5.51. The predicted octanol–water partition coefficient (Wildman–Crippen LogP) is 1.68. The summed E-state index contributed by atoms with van der Waals surface area (Å²) in [6.07, 6.45) is 2.31. The Bertz CT molecular complexity index is 868. The van der Waals surface area contributed by atoms with Crippen LogP contribution in [-0.2, 0) is 18.0 Å². The van der Waals surface area contributed by atoms with Crippen LogP contribution in [0, 0.1) is 14.9 Å². The molecule has 3 heterocycles. The van der Waals surface area contributed by atoms with Crippen LogP contribution >= 0.6 is 12.2 Å². The van der Waals surface area contributed by atoms with E-state index in [-0.39, 0.29) is 16.7 Å². The molecule has 0 N–H and O–H groups in total. The lowest BCUT2D eigenvalue weighted by Crippen LogP contribution is -2.47. The highest BCUT2D eigenvalue weighted by Gasteiger charge is 2.21. The highest BCUT2D eigenvalue weighted by molar-refractivity contribution is 7.71. The van der Waals surface area contributed by atoms with Gasteiger partial charge in [-0.15, -0.1) is 0 Å². The second kappa shape index (κ2) is 8.33. The number of benzene rings is 1. The lowest BCUT2D eigenvalue weighted by Gasteiger charge is -2.35. The van der Waals surface area contributed by atoms with E-state index in [2.05, 4.69) is 20.2 Å². The average molecular weight is 405 g/mol. The van der Waals surface area contributed by atoms with E-state index < -0.39 is 0 Å². The number of ether oxygens (including phenoxy) is 1. The van der Waals surface area contributed by atoms with Crippen molar-refractivity contribution in [3.63, 3.8) is 0 Å². The first-order valence-corrected chi connectivity index (χ1v) is 9.85. The summed E-state index contributed by atoms with van der Waals surface area (Å²) in [5, 5.41) is 19.2. The molecule has 1 atom stereocenters. The van der Waals surface area contributed by atoms with Crippen molar-refractivity contribution in [2.24, 2.45) is 0 Å². The van der Waals surface area contributed by atoms with Crippen LogP contribution in [0.25, 0.3) is 0 Å². The Morgan fingerprint density at radius 3 is 2.50 bits per heavy atom. The first-order chi connectivity index (χ1) is 13.6. The maximum absolute atomic E-state index is 10.8. The molecule has 2 saturated heterocycles. The largest absolute Gasteiger partial charge is 0.376 e. The first kappa shape index (κ1) is 19.0. The molecule has 0 radical (unpaired) electrons. The number of nitro groups is 1. The van der Waals surface area contributed by atoms with E-state index in [4.69, 9.17) is 17.0 Å². The van der Waals surface area contributed by atoms with Gasteiger partial charge in [0.2, 0.25) is 4.77 Å². The van der Waals surface area contributed by atoms with Gasteiger partial charge in [0, 0.05) is 50.6 Å². The molecule has 150 valence electrons.